The van der Waals surface area contributed by atoms with Gasteiger partial charge in [-0.05, 0) is 27.7 Å². The molecule has 134 valence electrons. The highest BCUT2D eigenvalue weighted by Gasteiger charge is 2.52. The number of nitrogens with zero attached hydrogens (tertiary/aromatic N) is 3. The lowest BCUT2D eigenvalue weighted by Gasteiger charge is -2.32. The summed E-state index contributed by atoms with van der Waals surface area (Å²) in [6.45, 7) is 10.8. The Balaban J connectivity index is 1.55. The Hall–Kier alpha value is -0.895. The lowest BCUT2D eigenvalue weighted by molar-refractivity contribution is 0.00578. The molecule has 24 heavy (non-hydrogen) atoms. The Labute approximate surface area is 144 Å². The number of hydrogen-bond acceptors (Lipinski definition) is 6. The topological polar surface area (TPSA) is 73.7 Å². The van der Waals surface area contributed by atoms with Gasteiger partial charge in [-0.2, -0.15) is 5.10 Å². The van der Waals surface area contributed by atoms with Crippen molar-refractivity contribution < 1.29 is 17.7 Å². The zero-order chi connectivity index (χ0) is 17.6. The molecule has 3 rings (SSSR count). The normalized spacial score (nSPS) is 25.9. The lowest BCUT2D eigenvalue weighted by Crippen LogP contribution is -2.41. The van der Waals surface area contributed by atoms with Crippen LogP contribution in [0.1, 0.15) is 27.7 Å². The summed E-state index contributed by atoms with van der Waals surface area (Å²) in [7, 11) is -3.22. The molecule has 0 bridgehead atoms. The van der Waals surface area contributed by atoms with Crippen LogP contribution in [-0.4, -0.2) is 72.6 Å². The summed E-state index contributed by atoms with van der Waals surface area (Å²) >= 11 is 0. The third kappa shape index (κ3) is 3.69. The smallest absolute Gasteiger partial charge is 0.399 e. The highest BCUT2D eigenvalue weighted by atomic mass is 32.2. The first-order chi connectivity index (χ1) is 11.1. The fourth-order valence-corrected chi connectivity index (χ4v) is 4.10. The Bertz CT molecular complexity index is 671. The fourth-order valence-electron chi connectivity index (χ4n) is 2.82. The molecule has 0 aliphatic carbocycles. The van der Waals surface area contributed by atoms with Crippen molar-refractivity contribution in [3.8, 4) is 0 Å². The van der Waals surface area contributed by atoms with E-state index in [2.05, 4.69) is 10.00 Å². The lowest BCUT2D eigenvalue weighted by atomic mass is 9.82. The van der Waals surface area contributed by atoms with Gasteiger partial charge >= 0.3 is 7.12 Å². The van der Waals surface area contributed by atoms with Gasteiger partial charge in [0.25, 0.3) is 0 Å². The molecule has 0 amide bonds. The van der Waals surface area contributed by atoms with Crippen molar-refractivity contribution in [1.82, 2.24) is 14.7 Å². The third-order valence-corrected chi connectivity index (χ3v) is 6.87. The van der Waals surface area contributed by atoms with E-state index >= 15 is 0 Å². The SMILES string of the molecule is CC1(C)OB(c2cnn(CCN3CCS(=O)(=O)CC3)c2)OC1(C)C. The van der Waals surface area contributed by atoms with Crippen molar-refractivity contribution in [1.29, 1.82) is 0 Å². The first-order valence-corrected chi connectivity index (χ1v) is 10.2. The van der Waals surface area contributed by atoms with E-state index in [4.69, 9.17) is 9.31 Å². The van der Waals surface area contributed by atoms with E-state index in [0.29, 0.717) is 13.1 Å². The minimum atomic E-state index is -2.82. The van der Waals surface area contributed by atoms with Crippen molar-refractivity contribution in [2.75, 3.05) is 31.1 Å². The minimum Gasteiger partial charge on any atom is -0.399 e. The molecule has 1 aromatic rings. The molecule has 0 unspecified atom stereocenters. The van der Waals surface area contributed by atoms with Crippen molar-refractivity contribution in [3.63, 3.8) is 0 Å². The van der Waals surface area contributed by atoms with Gasteiger partial charge in [-0.1, -0.05) is 0 Å². The Kier molecular flexibility index (Phi) is 4.57. The third-order valence-electron chi connectivity index (χ3n) is 5.26. The molecule has 2 saturated heterocycles. The van der Waals surface area contributed by atoms with E-state index in [-0.39, 0.29) is 22.7 Å². The van der Waals surface area contributed by atoms with Gasteiger partial charge in [-0.25, -0.2) is 8.42 Å². The second-order valence-electron chi connectivity index (χ2n) is 7.62. The molecule has 0 atom stereocenters. The van der Waals surface area contributed by atoms with Crippen molar-refractivity contribution >= 4 is 22.4 Å². The number of hydrogen-bond donors (Lipinski definition) is 0. The van der Waals surface area contributed by atoms with E-state index < -0.39 is 17.0 Å². The molecule has 0 N–H and O–H groups in total. The van der Waals surface area contributed by atoms with Gasteiger partial charge in [0.05, 0.1) is 29.3 Å². The second kappa shape index (κ2) is 6.12. The maximum Gasteiger partial charge on any atom is 0.498 e. The first-order valence-electron chi connectivity index (χ1n) is 8.39. The maximum atomic E-state index is 11.5. The van der Waals surface area contributed by atoms with Gasteiger partial charge in [-0.15, -0.1) is 0 Å². The van der Waals surface area contributed by atoms with Crippen LogP contribution >= 0.6 is 0 Å². The van der Waals surface area contributed by atoms with Gasteiger partial charge in [0.1, 0.15) is 0 Å². The molecule has 9 heteroatoms. The number of rotatable bonds is 4. The van der Waals surface area contributed by atoms with E-state index in [1.807, 2.05) is 38.6 Å². The van der Waals surface area contributed by atoms with Crippen LogP contribution in [0, 0.1) is 0 Å². The Morgan fingerprint density at radius 3 is 2.29 bits per heavy atom. The monoisotopic (exact) mass is 355 g/mol. The molecular formula is C15H26BN3O4S. The standard InChI is InChI=1S/C15H26BN3O4S/c1-14(2)15(3,4)23-16(22-14)13-11-17-19(12-13)6-5-18-7-9-24(20,21)10-8-18/h11-12H,5-10H2,1-4H3. The van der Waals surface area contributed by atoms with Crippen molar-refractivity contribution in [2.24, 2.45) is 0 Å². The quantitative estimate of drug-likeness (QED) is 0.703. The largest absolute Gasteiger partial charge is 0.498 e. The second-order valence-corrected chi connectivity index (χ2v) is 9.92. The van der Waals surface area contributed by atoms with Gasteiger partial charge in [0.2, 0.25) is 0 Å². The van der Waals surface area contributed by atoms with Gasteiger partial charge in [0.15, 0.2) is 9.84 Å². The molecule has 2 aliphatic heterocycles. The molecule has 2 aliphatic rings. The minimum absolute atomic E-state index is 0.255. The molecule has 0 aromatic carbocycles. The summed E-state index contributed by atoms with van der Waals surface area (Å²) in [5, 5.41) is 4.38. The predicted molar refractivity (Wildman–Crippen MR) is 93.0 cm³/mol. The van der Waals surface area contributed by atoms with Gasteiger partial charge < -0.3 is 9.31 Å². The first kappa shape index (κ1) is 17.9. The summed E-state index contributed by atoms with van der Waals surface area (Å²) in [6.07, 6.45) is 3.73. The van der Waals surface area contributed by atoms with Gasteiger partial charge in [-0.3, -0.25) is 9.58 Å². The zero-order valence-electron chi connectivity index (χ0n) is 14.9. The molecule has 0 saturated carbocycles. The van der Waals surface area contributed by atoms with E-state index in [1.54, 1.807) is 6.20 Å². The predicted octanol–water partition coefficient (Wildman–Crippen LogP) is -0.0873. The van der Waals surface area contributed by atoms with E-state index in [9.17, 15) is 8.42 Å². The van der Waals surface area contributed by atoms with Crippen LogP contribution in [0.3, 0.4) is 0 Å². The zero-order valence-corrected chi connectivity index (χ0v) is 15.7. The van der Waals surface area contributed by atoms with Crippen LogP contribution in [0.5, 0.6) is 0 Å². The molecular weight excluding hydrogens is 329 g/mol. The molecule has 3 heterocycles. The van der Waals surface area contributed by atoms with E-state index in [0.717, 1.165) is 18.6 Å². The summed E-state index contributed by atoms with van der Waals surface area (Å²) in [6, 6.07) is 0. The summed E-state index contributed by atoms with van der Waals surface area (Å²) in [4.78, 5) is 2.16. The van der Waals surface area contributed by atoms with Crippen LogP contribution in [0.25, 0.3) is 0 Å². The fraction of sp³-hybridized carbons (Fsp3) is 0.800. The number of aromatic nitrogens is 2. The van der Waals surface area contributed by atoms with Crippen LogP contribution in [0.2, 0.25) is 0 Å². The Morgan fingerprint density at radius 2 is 1.71 bits per heavy atom. The molecule has 1 aromatic heterocycles. The molecule has 0 radical (unpaired) electrons. The number of sulfone groups is 1. The summed E-state index contributed by atoms with van der Waals surface area (Å²) < 4.78 is 36.8. The van der Waals surface area contributed by atoms with Crippen LogP contribution in [-0.2, 0) is 25.7 Å². The summed E-state index contributed by atoms with van der Waals surface area (Å²) in [5.41, 5.74) is 0.188. The average Bonchev–Trinajstić information content (AvgIpc) is 3.01. The molecule has 7 nitrogen and oxygen atoms in total. The van der Waals surface area contributed by atoms with Crippen LogP contribution < -0.4 is 5.46 Å². The van der Waals surface area contributed by atoms with Crippen LogP contribution in [0.15, 0.2) is 12.4 Å². The molecule has 0 spiro atoms. The highest BCUT2D eigenvalue weighted by Crippen LogP contribution is 2.36. The molecule has 2 fully saturated rings. The van der Waals surface area contributed by atoms with Crippen LogP contribution in [0.4, 0.5) is 0 Å². The van der Waals surface area contributed by atoms with Crippen molar-refractivity contribution in [2.45, 2.75) is 45.4 Å². The highest BCUT2D eigenvalue weighted by molar-refractivity contribution is 7.91. The average molecular weight is 355 g/mol. The summed E-state index contributed by atoms with van der Waals surface area (Å²) in [5.74, 6) is 0.510. The van der Waals surface area contributed by atoms with Gasteiger partial charge in [0, 0.05) is 37.5 Å². The van der Waals surface area contributed by atoms with Crippen molar-refractivity contribution in [3.05, 3.63) is 12.4 Å². The van der Waals surface area contributed by atoms with E-state index in [1.165, 1.54) is 0 Å². The Morgan fingerprint density at radius 1 is 1.12 bits per heavy atom. The maximum absolute atomic E-state index is 11.5.